The average molecular weight is 907 g/mol. The second kappa shape index (κ2) is 53.5. The van der Waals surface area contributed by atoms with Crippen LogP contribution >= 0.6 is 0 Å². The third-order valence-corrected chi connectivity index (χ3v) is 11.7. The number of hydrogen-bond donors (Lipinski definition) is 0. The molecule has 0 N–H and O–H groups in total. The number of hydrogen-bond acceptors (Lipinski definition) is 6. The fourth-order valence-corrected chi connectivity index (χ4v) is 7.58. The van der Waals surface area contributed by atoms with Crippen molar-refractivity contribution in [3.05, 3.63) is 72.9 Å². The zero-order chi connectivity index (χ0) is 47.2. The summed E-state index contributed by atoms with van der Waals surface area (Å²) in [6.07, 6.45) is 67.4. The molecule has 0 bridgehead atoms. The maximum Gasteiger partial charge on any atom is 0.306 e. The molecular weight excluding hydrogens is 805 g/mol. The minimum absolute atomic E-state index is 0.0890. The highest BCUT2D eigenvalue weighted by molar-refractivity contribution is 5.71. The Labute approximate surface area is 402 Å². The van der Waals surface area contributed by atoms with E-state index in [4.69, 9.17) is 14.2 Å². The number of carbonyl (C=O) groups excluding carboxylic acids is 3. The van der Waals surface area contributed by atoms with Gasteiger partial charge < -0.3 is 14.2 Å². The third kappa shape index (κ3) is 51.7. The first-order valence-corrected chi connectivity index (χ1v) is 27.4. The van der Waals surface area contributed by atoms with Gasteiger partial charge in [-0.05, 0) is 89.9 Å². The monoisotopic (exact) mass is 907 g/mol. The molecule has 6 nitrogen and oxygen atoms in total. The molecule has 1 unspecified atom stereocenters. The smallest absolute Gasteiger partial charge is 0.306 e. The van der Waals surface area contributed by atoms with Gasteiger partial charge in [-0.25, -0.2) is 0 Å². The van der Waals surface area contributed by atoms with Gasteiger partial charge in [0, 0.05) is 19.3 Å². The lowest BCUT2D eigenvalue weighted by molar-refractivity contribution is -0.167. The number of unbranched alkanes of at least 4 members (excludes halogenated alkanes) is 26. The highest BCUT2D eigenvalue weighted by Crippen LogP contribution is 2.15. The Morgan fingerprint density at radius 2 is 0.600 bits per heavy atom. The van der Waals surface area contributed by atoms with Gasteiger partial charge >= 0.3 is 17.9 Å². The number of rotatable bonds is 49. The van der Waals surface area contributed by atoms with Gasteiger partial charge in [-0.1, -0.05) is 229 Å². The lowest BCUT2D eigenvalue weighted by Gasteiger charge is -2.18. The summed E-state index contributed by atoms with van der Waals surface area (Å²) in [4.78, 5) is 38.1. The predicted molar refractivity (Wildman–Crippen MR) is 279 cm³/mol. The second-order valence-electron chi connectivity index (χ2n) is 18.1. The van der Waals surface area contributed by atoms with Gasteiger partial charge in [-0.2, -0.15) is 0 Å². The molecule has 0 saturated heterocycles. The van der Waals surface area contributed by atoms with Gasteiger partial charge in [-0.15, -0.1) is 0 Å². The van der Waals surface area contributed by atoms with Crippen LogP contribution in [-0.4, -0.2) is 37.2 Å². The van der Waals surface area contributed by atoms with E-state index in [1.165, 1.54) is 122 Å². The molecule has 0 radical (unpaired) electrons. The summed E-state index contributed by atoms with van der Waals surface area (Å²) in [5, 5.41) is 0. The summed E-state index contributed by atoms with van der Waals surface area (Å²) in [6.45, 7) is 6.48. The van der Waals surface area contributed by atoms with E-state index in [0.29, 0.717) is 19.3 Å². The molecule has 0 saturated carbocycles. The second-order valence-corrected chi connectivity index (χ2v) is 18.1. The third-order valence-electron chi connectivity index (χ3n) is 11.7. The van der Waals surface area contributed by atoms with Crippen molar-refractivity contribution in [2.75, 3.05) is 13.2 Å². The quantitative estimate of drug-likeness (QED) is 0.0262. The molecule has 0 aromatic heterocycles. The van der Waals surface area contributed by atoms with Gasteiger partial charge in [0.2, 0.25) is 0 Å². The van der Waals surface area contributed by atoms with E-state index < -0.39 is 6.10 Å². The Morgan fingerprint density at radius 3 is 0.985 bits per heavy atom. The van der Waals surface area contributed by atoms with Crippen molar-refractivity contribution in [2.45, 2.75) is 271 Å². The van der Waals surface area contributed by atoms with E-state index in [1.54, 1.807) is 0 Å². The molecule has 0 aromatic carbocycles. The summed E-state index contributed by atoms with van der Waals surface area (Å²) in [5.41, 5.74) is 0. The van der Waals surface area contributed by atoms with Crippen LogP contribution in [0.5, 0.6) is 0 Å². The van der Waals surface area contributed by atoms with Crippen molar-refractivity contribution in [3.8, 4) is 0 Å². The first kappa shape index (κ1) is 61.9. The Bertz CT molecular complexity index is 1230. The van der Waals surface area contributed by atoms with E-state index in [0.717, 1.165) is 103 Å². The van der Waals surface area contributed by atoms with E-state index in [-0.39, 0.29) is 31.1 Å². The normalized spacial score (nSPS) is 12.6. The van der Waals surface area contributed by atoms with Crippen LogP contribution in [0, 0.1) is 0 Å². The molecule has 6 heteroatoms. The molecule has 0 amide bonds. The number of esters is 3. The molecular formula is C59H102O6. The Balaban J connectivity index is 4.44. The molecule has 0 spiro atoms. The average Bonchev–Trinajstić information content (AvgIpc) is 3.30. The van der Waals surface area contributed by atoms with Gasteiger partial charge in [0.15, 0.2) is 6.10 Å². The predicted octanol–water partition coefficient (Wildman–Crippen LogP) is 18.2. The van der Waals surface area contributed by atoms with Crippen molar-refractivity contribution in [1.82, 2.24) is 0 Å². The maximum atomic E-state index is 12.8. The van der Waals surface area contributed by atoms with Crippen molar-refractivity contribution >= 4 is 17.9 Å². The summed E-state index contributed by atoms with van der Waals surface area (Å²) in [5.74, 6) is -0.922. The molecule has 0 aliphatic rings. The zero-order valence-electron chi connectivity index (χ0n) is 42.7. The topological polar surface area (TPSA) is 78.9 Å². The fourth-order valence-electron chi connectivity index (χ4n) is 7.58. The fraction of sp³-hybridized carbons (Fsp3) is 0.746. The van der Waals surface area contributed by atoms with E-state index >= 15 is 0 Å². The van der Waals surface area contributed by atoms with Gasteiger partial charge in [0.25, 0.3) is 0 Å². The molecule has 0 fully saturated rings. The lowest BCUT2D eigenvalue weighted by Crippen LogP contribution is -2.30. The first-order valence-electron chi connectivity index (χ1n) is 27.4. The number of ether oxygens (including phenoxy) is 3. The maximum absolute atomic E-state index is 12.8. The van der Waals surface area contributed by atoms with Crippen LogP contribution in [0.4, 0.5) is 0 Å². The molecule has 374 valence electrons. The van der Waals surface area contributed by atoms with Crippen molar-refractivity contribution in [1.29, 1.82) is 0 Å². The Morgan fingerprint density at radius 1 is 0.323 bits per heavy atom. The van der Waals surface area contributed by atoms with E-state index in [9.17, 15) is 14.4 Å². The zero-order valence-corrected chi connectivity index (χ0v) is 42.7. The van der Waals surface area contributed by atoms with Crippen molar-refractivity contribution in [2.24, 2.45) is 0 Å². The number of carbonyl (C=O) groups is 3. The molecule has 65 heavy (non-hydrogen) atoms. The number of allylic oxidation sites excluding steroid dienone is 12. The van der Waals surface area contributed by atoms with Crippen LogP contribution in [-0.2, 0) is 28.6 Å². The van der Waals surface area contributed by atoms with Crippen LogP contribution in [0.15, 0.2) is 72.9 Å². The Kier molecular flexibility index (Phi) is 50.9. The molecule has 0 heterocycles. The van der Waals surface area contributed by atoms with E-state index in [1.807, 2.05) is 0 Å². The van der Waals surface area contributed by atoms with Crippen LogP contribution in [0.2, 0.25) is 0 Å². The largest absolute Gasteiger partial charge is 0.462 e. The highest BCUT2D eigenvalue weighted by atomic mass is 16.6. The molecule has 0 aromatic rings. The van der Waals surface area contributed by atoms with Crippen LogP contribution in [0.1, 0.15) is 265 Å². The van der Waals surface area contributed by atoms with Crippen LogP contribution < -0.4 is 0 Å². The SMILES string of the molecule is CC/C=C\C/C=C\C/C=C\C/C=C\CCCCCC(=O)OC(COC(=O)CCCCCCCCC/C=C\C/C=C\CCCCC)COC(=O)CCCCCCCCCCCCCCCC. The molecule has 0 rings (SSSR count). The van der Waals surface area contributed by atoms with E-state index in [2.05, 4.69) is 93.7 Å². The lowest BCUT2D eigenvalue weighted by atomic mass is 10.0. The van der Waals surface area contributed by atoms with Crippen LogP contribution in [0.3, 0.4) is 0 Å². The first-order chi connectivity index (χ1) is 32.0. The summed E-state index contributed by atoms with van der Waals surface area (Å²) in [6, 6.07) is 0. The standard InChI is InChI=1S/C59H102O6/c1-4-7-10-13-16-19-22-25-28-30-32-34-37-40-43-46-49-52-58(61)64-55-56(54-63-57(60)51-48-45-42-39-36-33-27-24-21-18-15-12-9-6-3)65-59(62)53-50-47-44-41-38-35-31-29-26-23-20-17-14-11-8-5-2/h8,11,16-17,19-20,25-26,28-29,35,38,56H,4-7,9-10,12-15,18,21-24,27,30-34,36-37,39-55H2,1-3H3/b11-8-,19-16-,20-17-,28-25-,29-26-,38-35-. The Hall–Kier alpha value is -3.15. The highest BCUT2D eigenvalue weighted by Gasteiger charge is 2.19. The van der Waals surface area contributed by atoms with Crippen LogP contribution in [0.25, 0.3) is 0 Å². The van der Waals surface area contributed by atoms with Crippen molar-refractivity contribution < 1.29 is 28.6 Å². The summed E-state index contributed by atoms with van der Waals surface area (Å²) in [7, 11) is 0. The van der Waals surface area contributed by atoms with Gasteiger partial charge in [0.1, 0.15) is 13.2 Å². The molecule has 1 atom stereocenters. The molecule has 0 aliphatic carbocycles. The minimum atomic E-state index is -0.794. The van der Waals surface area contributed by atoms with Gasteiger partial charge in [0.05, 0.1) is 0 Å². The summed E-state index contributed by atoms with van der Waals surface area (Å²) >= 11 is 0. The molecule has 0 aliphatic heterocycles. The van der Waals surface area contributed by atoms with Crippen molar-refractivity contribution in [3.63, 3.8) is 0 Å². The van der Waals surface area contributed by atoms with Gasteiger partial charge in [-0.3, -0.25) is 14.4 Å². The minimum Gasteiger partial charge on any atom is -0.462 e. The summed E-state index contributed by atoms with van der Waals surface area (Å²) < 4.78 is 16.8.